The molecule has 1 aromatic rings. The van der Waals surface area contributed by atoms with Gasteiger partial charge in [0, 0.05) is 19.2 Å². The molecule has 0 radical (unpaired) electrons. The summed E-state index contributed by atoms with van der Waals surface area (Å²) < 4.78 is 5.39. The highest BCUT2D eigenvalue weighted by Gasteiger charge is 2.26. The predicted octanol–water partition coefficient (Wildman–Crippen LogP) is 3.06. The Bertz CT molecular complexity index is 451. The Labute approximate surface area is 140 Å². The van der Waals surface area contributed by atoms with Gasteiger partial charge in [0.05, 0.1) is 11.5 Å². The van der Waals surface area contributed by atoms with E-state index in [1.165, 1.54) is 0 Å². The van der Waals surface area contributed by atoms with Crippen LogP contribution in [0, 0.1) is 5.92 Å². The lowest BCUT2D eigenvalue weighted by Crippen LogP contribution is -2.43. The molecular weight excluding hydrogens is 300 g/mol. The molecule has 0 bridgehead atoms. The van der Waals surface area contributed by atoms with Gasteiger partial charge in [-0.05, 0) is 32.8 Å². The van der Waals surface area contributed by atoms with Crippen LogP contribution in [0.2, 0.25) is 0 Å². The minimum absolute atomic E-state index is 0. The Morgan fingerprint density at radius 2 is 1.82 bits per heavy atom. The standard InChI is InChI=1S/C17H28N2O2.ClH/c1-12(11-17(3,4)21-5)19-16(20)13(2)15(18)14-9-7-6-8-10-14;/h6-10,12-13,15H,11,18H2,1-5H3,(H,19,20);1H. The van der Waals surface area contributed by atoms with Crippen molar-refractivity contribution in [1.29, 1.82) is 0 Å². The van der Waals surface area contributed by atoms with Crippen molar-refractivity contribution >= 4 is 18.3 Å². The number of nitrogens with two attached hydrogens (primary N) is 1. The molecule has 0 heterocycles. The summed E-state index contributed by atoms with van der Waals surface area (Å²) in [4.78, 5) is 12.3. The van der Waals surface area contributed by atoms with E-state index in [1.54, 1.807) is 7.11 Å². The SMILES string of the molecule is COC(C)(C)CC(C)NC(=O)C(C)C(N)c1ccccc1.Cl. The van der Waals surface area contributed by atoms with Crippen LogP contribution in [-0.4, -0.2) is 24.7 Å². The van der Waals surface area contributed by atoms with Crippen molar-refractivity contribution in [3.63, 3.8) is 0 Å². The summed E-state index contributed by atoms with van der Waals surface area (Å²) in [6.07, 6.45) is 0.753. The summed E-state index contributed by atoms with van der Waals surface area (Å²) in [5.74, 6) is -0.300. The van der Waals surface area contributed by atoms with Gasteiger partial charge in [0.25, 0.3) is 0 Å². The van der Waals surface area contributed by atoms with Crippen LogP contribution < -0.4 is 11.1 Å². The number of hydrogen-bond acceptors (Lipinski definition) is 3. The molecule has 22 heavy (non-hydrogen) atoms. The molecule has 0 aliphatic rings. The first kappa shape index (κ1) is 20.9. The Balaban J connectivity index is 0.00000441. The van der Waals surface area contributed by atoms with E-state index in [1.807, 2.05) is 58.0 Å². The maximum Gasteiger partial charge on any atom is 0.224 e. The number of carbonyl (C=O) groups excluding carboxylic acids is 1. The topological polar surface area (TPSA) is 64.3 Å². The molecular formula is C17H29ClN2O2. The van der Waals surface area contributed by atoms with Crippen molar-refractivity contribution < 1.29 is 9.53 Å². The van der Waals surface area contributed by atoms with Crippen molar-refractivity contribution in [1.82, 2.24) is 5.32 Å². The van der Waals surface area contributed by atoms with Gasteiger partial charge in [-0.3, -0.25) is 4.79 Å². The fourth-order valence-electron chi connectivity index (χ4n) is 2.37. The molecule has 3 N–H and O–H groups in total. The van der Waals surface area contributed by atoms with Crippen molar-refractivity contribution in [2.75, 3.05) is 7.11 Å². The first-order valence-electron chi connectivity index (χ1n) is 7.43. The smallest absolute Gasteiger partial charge is 0.224 e. The molecule has 1 amide bonds. The van der Waals surface area contributed by atoms with Gasteiger partial charge in [-0.1, -0.05) is 37.3 Å². The zero-order chi connectivity index (χ0) is 16.0. The summed E-state index contributed by atoms with van der Waals surface area (Å²) in [7, 11) is 1.68. The molecule has 0 aromatic heterocycles. The van der Waals surface area contributed by atoms with Gasteiger partial charge in [-0.2, -0.15) is 0 Å². The van der Waals surface area contributed by atoms with E-state index in [0.29, 0.717) is 0 Å². The number of ether oxygens (including phenoxy) is 1. The van der Waals surface area contributed by atoms with Crippen LogP contribution in [0.1, 0.15) is 45.7 Å². The zero-order valence-electron chi connectivity index (χ0n) is 14.1. The van der Waals surface area contributed by atoms with Crippen molar-refractivity contribution in [2.24, 2.45) is 11.7 Å². The van der Waals surface area contributed by atoms with E-state index >= 15 is 0 Å². The van der Waals surface area contributed by atoms with E-state index in [0.717, 1.165) is 12.0 Å². The maximum absolute atomic E-state index is 12.3. The highest BCUT2D eigenvalue weighted by atomic mass is 35.5. The van der Waals surface area contributed by atoms with Gasteiger partial charge in [0.15, 0.2) is 0 Å². The largest absolute Gasteiger partial charge is 0.379 e. The minimum Gasteiger partial charge on any atom is -0.379 e. The Morgan fingerprint density at radius 3 is 2.32 bits per heavy atom. The van der Waals surface area contributed by atoms with E-state index in [2.05, 4.69) is 5.32 Å². The van der Waals surface area contributed by atoms with Crippen LogP contribution in [-0.2, 0) is 9.53 Å². The summed E-state index contributed by atoms with van der Waals surface area (Å²) in [5, 5.41) is 3.02. The predicted molar refractivity (Wildman–Crippen MR) is 93.1 cm³/mol. The summed E-state index contributed by atoms with van der Waals surface area (Å²) in [6.45, 7) is 7.87. The Hall–Kier alpha value is -1.10. The van der Waals surface area contributed by atoms with Gasteiger partial charge in [-0.15, -0.1) is 12.4 Å². The van der Waals surface area contributed by atoms with Gasteiger partial charge in [0.2, 0.25) is 5.91 Å². The molecule has 0 saturated heterocycles. The molecule has 0 aliphatic heterocycles. The molecule has 0 spiro atoms. The number of nitrogens with one attached hydrogen (secondary N) is 1. The third-order valence-electron chi connectivity index (χ3n) is 3.88. The van der Waals surface area contributed by atoms with Crippen molar-refractivity contribution in [2.45, 2.75) is 51.8 Å². The molecule has 4 nitrogen and oxygen atoms in total. The molecule has 3 unspecified atom stereocenters. The number of benzene rings is 1. The van der Waals surface area contributed by atoms with Gasteiger partial charge >= 0.3 is 0 Å². The molecule has 1 rings (SSSR count). The first-order valence-corrected chi connectivity index (χ1v) is 7.43. The summed E-state index contributed by atoms with van der Waals surface area (Å²) >= 11 is 0. The van der Waals surface area contributed by atoms with Crippen LogP contribution >= 0.6 is 12.4 Å². The fraction of sp³-hybridized carbons (Fsp3) is 0.588. The van der Waals surface area contributed by atoms with Crippen molar-refractivity contribution in [3.8, 4) is 0 Å². The molecule has 0 saturated carbocycles. The van der Waals surface area contributed by atoms with E-state index < -0.39 is 0 Å². The second kappa shape index (κ2) is 9.13. The average molecular weight is 329 g/mol. The molecule has 126 valence electrons. The number of carbonyl (C=O) groups is 1. The van der Waals surface area contributed by atoms with Crippen LogP contribution in [0.3, 0.4) is 0 Å². The number of rotatable bonds is 7. The summed E-state index contributed by atoms with van der Waals surface area (Å²) in [5.41, 5.74) is 6.91. The van der Waals surface area contributed by atoms with Crippen LogP contribution in [0.5, 0.6) is 0 Å². The average Bonchev–Trinajstić information content (AvgIpc) is 2.45. The highest BCUT2D eigenvalue weighted by molar-refractivity contribution is 5.85. The third kappa shape index (κ3) is 6.34. The Morgan fingerprint density at radius 1 is 1.27 bits per heavy atom. The van der Waals surface area contributed by atoms with Crippen molar-refractivity contribution in [3.05, 3.63) is 35.9 Å². The highest BCUT2D eigenvalue weighted by Crippen LogP contribution is 2.20. The first-order chi connectivity index (χ1) is 9.76. The van der Waals surface area contributed by atoms with Gasteiger partial charge < -0.3 is 15.8 Å². The summed E-state index contributed by atoms with van der Waals surface area (Å²) in [6, 6.07) is 9.45. The second-order valence-corrected chi connectivity index (χ2v) is 6.30. The molecule has 0 fully saturated rings. The molecule has 0 aliphatic carbocycles. The lowest BCUT2D eigenvalue weighted by molar-refractivity contribution is -0.126. The maximum atomic E-state index is 12.3. The number of methoxy groups -OCH3 is 1. The monoisotopic (exact) mass is 328 g/mol. The lowest BCUT2D eigenvalue weighted by Gasteiger charge is -2.28. The van der Waals surface area contributed by atoms with Gasteiger partial charge in [0.1, 0.15) is 0 Å². The van der Waals surface area contributed by atoms with Crippen LogP contribution in [0.15, 0.2) is 30.3 Å². The molecule has 3 atom stereocenters. The number of halogens is 1. The quantitative estimate of drug-likeness (QED) is 0.808. The number of amides is 1. The van der Waals surface area contributed by atoms with Crippen LogP contribution in [0.25, 0.3) is 0 Å². The third-order valence-corrected chi connectivity index (χ3v) is 3.88. The Kier molecular flexibility index (Phi) is 8.68. The lowest BCUT2D eigenvalue weighted by atomic mass is 9.93. The molecule has 5 heteroatoms. The zero-order valence-corrected chi connectivity index (χ0v) is 14.9. The molecule has 1 aromatic carbocycles. The second-order valence-electron chi connectivity index (χ2n) is 6.30. The fourth-order valence-corrected chi connectivity index (χ4v) is 2.37. The number of hydrogen-bond donors (Lipinski definition) is 2. The van der Waals surface area contributed by atoms with Gasteiger partial charge in [-0.25, -0.2) is 0 Å². The van der Waals surface area contributed by atoms with E-state index in [-0.39, 0.29) is 41.9 Å². The van der Waals surface area contributed by atoms with E-state index in [9.17, 15) is 4.79 Å². The minimum atomic E-state index is -0.297. The van der Waals surface area contributed by atoms with Crippen LogP contribution in [0.4, 0.5) is 0 Å². The van der Waals surface area contributed by atoms with E-state index in [4.69, 9.17) is 10.5 Å². The normalized spacial score (nSPS) is 15.4.